The minimum absolute atomic E-state index is 0.636. The summed E-state index contributed by atoms with van der Waals surface area (Å²) in [5.41, 5.74) is -2.18. The molecule has 0 spiro atoms. The molecule has 14 heavy (non-hydrogen) atoms. The first-order valence-electron chi connectivity index (χ1n) is 3.25. The molecule has 0 fully saturated rings. The molecule has 0 saturated heterocycles. The molecule has 0 amide bonds. The third kappa shape index (κ3) is 1.72. The Morgan fingerprint density at radius 3 is 2.57 bits per heavy atom. The van der Waals surface area contributed by atoms with Crippen molar-refractivity contribution in [3.8, 4) is 5.75 Å². The average Bonchev–Trinajstić information content (AvgIpc) is 2.07. The Balaban J connectivity index is 3.50. The van der Waals surface area contributed by atoms with Crippen molar-refractivity contribution in [1.29, 1.82) is 0 Å². The predicted octanol–water partition coefficient (Wildman–Crippen LogP) is 2.29. The van der Waals surface area contributed by atoms with Gasteiger partial charge in [0.1, 0.15) is 11.3 Å². The van der Waals surface area contributed by atoms with Gasteiger partial charge >= 0.3 is 5.69 Å². The number of halogens is 3. The minimum atomic E-state index is -3.18. The summed E-state index contributed by atoms with van der Waals surface area (Å²) in [6.45, 7) is 0. The van der Waals surface area contributed by atoms with E-state index in [0.29, 0.717) is 6.20 Å². The van der Waals surface area contributed by atoms with Crippen LogP contribution in [0.4, 0.5) is 14.5 Å². The lowest BCUT2D eigenvalue weighted by Gasteiger charge is -2.04. The number of nitrogens with zero attached hydrogens (tertiary/aromatic N) is 2. The molecule has 1 rings (SSSR count). The number of aromatic nitrogens is 1. The van der Waals surface area contributed by atoms with E-state index in [2.05, 4.69) is 4.98 Å². The van der Waals surface area contributed by atoms with Crippen molar-refractivity contribution in [2.24, 2.45) is 0 Å². The molecule has 0 unspecified atom stereocenters. The first-order valence-corrected chi connectivity index (χ1v) is 3.62. The molecule has 0 bridgehead atoms. The van der Waals surface area contributed by atoms with Crippen LogP contribution in [-0.4, -0.2) is 15.0 Å². The molecule has 5 nitrogen and oxygen atoms in total. The third-order valence-corrected chi connectivity index (χ3v) is 1.70. The van der Waals surface area contributed by atoms with Gasteiger partial charge in [0.15, 0.2) is 0 Å². The second kappa shape index (κ2) is 3.70. The Morgan fingerprint density at radius 1 is 1.64 bits per heavy atom. The van der Waals surface area contributed by atoms with Gasteiger partial charge in [0.05, 0.1) is 11.1 Å². The van der Waals surface area contributed by atoms with Gasteiger partial charge in [-0.05, 0) is 0 Å². The number of hydrogen-bond donors (Lipinski definition) is 1. The van der Waals surface area contributed by atoms with Crippen molar-refractivity contribution in [3.63, 3.8) is 0 Å². The SMILES string of the molecule is O=[N+]([O-])c1c(Cl)ncc(O)c1C(F)F. The fraction of sp³-hybridized carbons (Fsp3) is 0.167. The third-order valence-electron chi connectivity index (χ3n) is 1.43. The molecule has 0 aliphatic heterocycles. The number of rotatable bonds is 2. The number of aromatic hydroxyl groups is 1. The summed E-state index contributed by atoms with van der Waals surface area (Å²) in [5.74, 6) is -0.948. The summed E-state index contributed by atoms with van der Waals surface area (Å²) in [4.78, 5) is 12.4. The van der Waals surface area contributed by atoms with Crippen LogP contribution in [0.2, 0.25) is 5.15 Å². The normalized spacial score (nSPS) is 10.6. The highest BCUT2D eigenvalue weighted by Crippen LogP contribution is 2.38. The van der Waals surface area contributed by atoms with Gasteiger partial charge in [0.2, 0.25) is 5.15 Å². The second-order valence-electron chi connectivity index (χ2n) is 2.25. The van der Waals surface area contributed by atoms with Gasteiger partial charge in [-0.1, -0.05) is 11.6 Å². The van der Waals surface area contributed by atoms with Gasteiger partial charge in [0, 0.05) is 0 Å². The lowest BCUT2D eigenvalue weighted by Crippen LogP contribution is -1.99. The number of alkyl halides is 2. The van der Waals surface area contributed by atoms with Crippen molar-refractivity contribution in [3.05, 3.63) is 27.0 Å². The van der Waals surface area contributed by atoms with E-state index in [0.717, 1.165) is 0 Å². The van der Waals surface area contributed by atoms with Gasteiger partial charge in [-0.3, -0.25) is 10.1 Å². The molecule has 0 aliphatic carbocycles. The fourth-order valence-electron chi connectivity index (χ4n) is 0.870. The summed E-state index contributed by atoms with van der Waals surface area (Å²) in [6, 6.07) is 0. The molecule has 0 atom stereocenters. The molecule has 1 aromatic rings. The van der Waals surface area contributed by atoms with Gasteiger partial charge < -0.3 is 5.11 Å². The average molecular weight is 225 g/mol. The number of pyridine rings is 1. The van der Waals surface area contributed by atoms with E-state index >= 15 is 0 Å². The topological polar surface area (TPSA) is 76.3 Å². The Labute approximate surface area is 81.1 Å². The van der Waals surface area contributed by atoms with Crippen molar-refractivity contribution in [2.75, 3.05) is 0 Å². The van der Waals surface area contributed by atoms with E-state index in [9.17, 15) is 18.9 Å². The Bertz CT molecular complexity index is 386. The lowest BCUT2D eigenvalue weighted by atomic mass is 10.2. The zero-order valence-corrected chi connectivity index (χ0v) is 7.20. The van der Waals surface area contributed by atoms with Gasteiger partial charge in [-0.15, -0.1) is 0 Å². The Hall–Kier alpha value is -1.50. The molecule has 76 valence electrons. The van der Waals surface area contributed by atoms with Crippen LogP contribution >= 0.6 is 11.6 Å². The van der Waals surface area contributed by atoms with E-state index < -0.39 is 33.5 Å². The van der Waals surface area contributed by atoms with Crippen LogP contribution in [0.5, 0.6) is 5.75 Å². The summed E-state index contributed by atoms with van der Waals surface area (Å²) >= 11 is 5.24. The standard InChI is InChI=1S/C6H3ClF2N2O3/c7-5-4(11(13)14)3(6(8)9)2(12)1-10-5/h1,6,12H. The van der Waals surface area contributed by atoms with E-state index in [1.807, 2.05) is 0 Å². The second-order valence-corrected chi connectivity index (χ2v) is 2.61. The lowest BCUT2D eigenvalue weighted by molar-refractivity contribution is -0.386. The van der Waals surface area contributed by atoms with Crippen molar-refractivity contribution < 1.29 is 18.8 Å². The highest BCUT2D eigenvalue weighted by atomic mass is 35.5. The van der Waals surface area contributed by atoms with Crippen molar-refractivity contribution >= 4 is 17.3 Å². The van der Waals surface area contributed by atoms with Crippen LogP contribution in [-0.2, 0) is 0 Å². The summed E-state index contributed by atoms with van der Waals surface area (Å²) in [7, 11) is 0. The molecule has 0 radical (unpaired) electrons. The maximum absolute atomic E-state index is 12.3. The maximum atomic E-state index is 12.3. The molecule has 0 aromatic carbocycles. The summed E-state index contributed by atoms with van der Waals surface area (Å²) < 4.78 is 24.6. The summed E-state index contributed by atoms with van der Waals surface area (Å²) in [6.07, 6.45) is -2.55. The maximum Gasteiger partial charge on any atom is 0.319 e. The molecular formula is C6H3ClF2N2O3. The van der Waals surface area contributed by atoms with E-state index in [1.165, 1.54) is 0 Å². The molecule has 1 aromatic heterocycles. The summed E-state index contributed by atoms with van der Waals surface area (Å²) in [5, 5.41) is 18.6. The highest BCUT2D eigenvalue weighted by molar-refractivity contribution is 6.31. The Kier molecular flexibility index (Phi) is 2.80. The molecular weight excluding hydrogens is 222 g/mol. The van der Waals surface area contributed by atoms with Crippen LogP contribution in [0.15, 0.2) is 6.20 Å². The zero-order valence-electron chi connectivity index (χ0n) is 6.45. The van der Waals surface area contributed by atoms with Crippen LogP contribution in [0.25, 0.3) is 0 Å². The van der Waals surface area contributed by atoms with E-state index in [1.54, 1.807) is 0 Å². The first-order chi connectivity index (χ1) is 6.45. The molecule has 0 aliphatic rings. The first kappa shape index (κ1) is 10.6. The predicted molar refractivity (Wildman–Crippen MR) is 42.5 cm³/mol. The van der Waals surface area contributed by atoms with Gasteiger partial charge in [-0.2, -0.15) is 0 Å². The monoisotopic (exact) mass is 224 g/mol. The van der Waals surface area contributed by atoms with Crippen molar-refractivity contribution in [1.82, 2.24) is 4.98 Å². The van der Waals surface area contributed by atoms with Crippen molar-refractivity contribution in [2.45, 2.75) is 6.43 Å². The molecule has 0 saturated carbocycles. The number of nitro groups is 1. The molecule has 1 heterocycles. The molecule has 8 heteroatoms. The highest BCUT2D eigenvalue weighted by Gasteiger charge is 2.29. The largest absolute Gasteiger partial charge is 0.506 e. The van der Waals surface area contributed by atoms with E-state index in [-0.39, 0.29) is 0 Å². The van der Waals surface area contributed by atoms with Gasteiger partial charge in [-0.25, -0.2) is 13.8 Å². The van der Waals surface area contributed by atoms with Gasteiger partial charge in [0.25, 0.3) is 6.43 Å². The van der Waals surface area contributed by atoms with E-state index in [4.69, 9.17) is 16.7 Å². The zero-order chi connectivity index (χ0) is 10.9. The minimum Gasteiger partial charge on any atom is -0.506 e. The quantitative estimate of drug-likeness (QED) is 0.475. The fourth-order valence-corrected chi connectivity index (χ4v) is 1.09. The van der Waals surface area contributed by atoms with Crippen LogP contribution in [0, 0.1) is 10.1 Å². The number of hydrogen-bond acceptors (Lipinski definition) is 4. The molecule has 1 N–H and O–H groups in total. The van der Waals surface area contributed by atoms with Crippen LogP contribution < -0.4 is 0 Å². The van der Waals surface area contributed by atoms with Crippen LogP contribution in [0.1, 0.15) is 12.0 Å². The Morgan fingerprint density at radius 2 is 2.21 bits per heavy atom. The van der Waals surface area contributed by atoms with Crippen LogP contribution in [0.3, 0.4) is 0 Å². The smallest absolute Gasteiger partial charge is 0.319 e.